The van der Waals surface area contributed by atoms with Crippen LogP contribution in [0.1, 0.15) is 36.2 Å². The summed E-state index contributed by atoms with van der Waals surface area (Å²) in [6.45, 7) is 0. The second-order valence-electron chi connectivity index (χ2n) is 5.25. The van der Waals surface area contributed by atoms with E-state index in [4.69, 9.17) is 10.5 Å². The lowest BCUT2D eigenvalue weighted by molar-refractivity contribution is -0.146. The number of aromatic amines is 2. The van der Waals surface area contributed by atoms with E-state index in [9.17, 15) is 19.2 Å². The molecule has 5 N–H and O–H groups in total. The molecule has 1 saturated carbocycles. The van der Waals surface area contributed by atoms with Gasteiger partial charge in [-0.1, -0.05) is 6.42 Å². The van der Waals surface area contributed by atoms with Crippen LogP contribution in [0.5, 0.6) is 0 Å². The number of esters is 1. The highest BCUT2D eigenvalue weighted by Crippen LogP contribution is 2.25. The van der Waals surface area contributed by atoms with E-state index in [1.165, 1.54) is 7.11 Å². The SMILES string of the molecule is COC(=O)C1CCCC(NC(=O)c2[nH]c(=O)[nH]c(=O)c2N)C1. The van der Waals surface area contributed by atoms with Gasteiger partial charge in [-0.3, -0.25) is 19.4 Å². The molecule has 0 aromatic carbocycles. The minimum absolute atomic E-state index is 0.243. The number of hydrogen-bond acceptors (Lipinski definition) is 6. The molecule has 0 aliphatic heterocycles. The Balaban J connectivity index is 2.11. The number of carbonyl (C=O) groups is 2. The van der Waals surface area contributed by atoms with E-state index in [0.29, 0.717) is 19.3 Å². The fraction of sp³-hybridized carbons (Fsp3) is 0.538. The first-order valence-electron chi connectivity index (χ1n) is 6.93. The van der Waals surface area contributed by atoms with E-state index >= 15 is 0 Å². The van der Waals surface area contributed by atoms with Crippen molar-refractivity contribution in [1.29, 1.82) is 0 Å². The Hall–Kier alpha value is -2.58. The van der Waals surface area contributed by atoms with E-state index in [0.717, 1.165) is 6.42 Å². The van der Waals surface area contributed by atoms with Crippen LogP contribution in [0.25, 0.3) is 0 Å². The Morgan fingerprint density at radius 1 is 1.27 bits per heavy atom. The van der Waals surface area contributed by atoms with E-state index < -0.39 is 17.2 Å². The van der Waals surface area contributed by atoms with Gasteiger partial charge in [0.05, 0.1) is 13.0 Å². The number of rotatable bonds is 3. The molecule has 1 fully saturated rings. The quantitative estimate of drug-likeness (QED) is 0.532. The third-order valence-electron chi connectivity index (χ3n) is 3.75. The molecule has 9 nitrogen and oxygen atoms in total. The number of ether oxygens (including phenoxy) is 1. The predicted octanol–water partition coefficient (Wildman–Crippen LogP) is -0.893. The molecule has 1 aromatic rings. The van der Waals surface area contributed by atoms with Crippen molar-refractivity contribution < 1.29 is 14.3 Å². The molecule has 1 aliphatic rings. The van der Waals surface area contributed by atoms with Crippen LogP contribution in [0.2, 0.25) is 0 Å². The molecular weight excluding hydrogens is 292 g/mol. The lowest BCUT2D eigenvalue weighted by Crippen LogP contribution is -2.42. The van der Waals surface area contributed by atoms with E-state index in [-0.39, 0.29) is 29.3 Å². The Morgan fingerprint density at radius 3 is 2.68 bits per heavy atom. The molecule has 0 bridgehead atoms. The maximum Gasteiger partial charge on any atom is 0.326 e. The van der Waals surface area contributed by atoms with Gasteiger partial charge in [0.25, 0.3) is 11.5 Å². The number of nitrogens with one attached hydrogen (secondary N) is 3. The van der Waals surface area contributed by atoms with Gasteiger partial charge in [0.15, 0.2) is 0 Å². The molecule has 1 heterocycles. The molecule has 0 spiro atoms. The van der Waals surface area contributed by atoms with Crippen molar-refractivity contribution in [1.82, 2.24) is 15.3 Å². The minimum atomic E-state index is -0.815. The second kappa shape index (κ2) is 6.46. The number of H-pyrrole nitrogens is 2. The lowest BCUT2D eigenvalue weighted by atomic mass is 9.85. The highest BCUT2D eigenvalue weighted by molar-refractivity contribution is 5.97. The van der Waals surface area contributed by atoms with Gasteiger partial charge in [-0.05, 0) is 19.3 Å². The number of amides is 1. The molecule has 1 aliphatic carbocycles. The smallest absolute Gasteiger partial charge is 0.326 e. The van der Waals surface area contributed by atoms with Crippen molar-refractivity contribution in [2.45, 2.75) is 31.7 Å². The molecule has 120 valence electrons. The summed E-state index contributed by atoms with van der Waals surface area (Å²) in [6, 6.07) is -0.243. The number of aromatic nitrogens is 2. The second-order valence-corrected chi connectivity index (χ2v) is 5.25. The molecular formula is C13H18N4O5. The van der Waals surface area contributed by atoms with Crippen molar-refractivity contribution in [3.8, 4) is 0 Å². The Kier molecular flexibility index (Phi) is 4.64. The summed E-state index contributed by atoms with van der Waals surface area (Å²) in [5.41, 5.74) is 3.27. The van der Waals surface area contributed by atoms with Crippen LogP contribution in [-0.2, 0) is 9.53 Å². The summed E-state index contributed by atoms with van der Waals surface area (Å²) in [7, 11) is 1.33. The van der Waals surface area contributed by atoms with Crippen molar-refractivity contribution in [3.63, 3.8) is 0 Å². The highest BCUT2D eigenvalue weighted by atomic mass is 16.5. The van der Waals surface area contributed by atoms with Crippen molar-refractivity contribution in [3.05, 3.63) is 26.5 Å². The largest absolute Gasteiger partial charge is 0.469 e. The molecule has 9 heteroatoms. The van der Waals surface area contributed by atoms with Gasteiger partial charge in [0.1, 0.15) is 11.4 Å². The zero-order valence-corrected chi connectivity index (χ0v) is 12.1. The summed E-state index contributed by atoms with van der Waals surface area (Å²) in [4.78, 5) is 50.5. The molecule has 2 atom stereocenters. The van der Waals surface area contributed by atoms with Crippen LogP contribution in [-0.4, -0.2) is 35.0 Å². The summed E-state index contributed by atoms with van der Waals surface area (Å²) in [5, 5.41) is 2.69. The van der Waals surface area contributed by atoms with Gasteiger partial charge in [0, 0.05) is 6.04 Å². The van der Waals surface area contributed by atoms with Gasteiger partial charge in [-0.25, -0.2) is 4.79 Å². The Morgan fingerprint density at radius 2 is 2.00 bits per heavy atom. The standard InChI is InChI=1S/C13H18N4O5/c1-22-12(20)6-3-2-4-7(5-6)15-11(19)9-8(14)10(18)17-13(21)16-9/h6-7H,2-5,14H2,1H3,(H,15,19)(H2,16,17,18,21). The number of carbonyl (C=O) groups excluding carboxylic acids is 2. The molecule has 2 unspecified atom stereocenters. The van der Waals surface area contributed by atoms with Crippen molar-refractivity contribution in [2.75, 3.05) is 12.8 Å². The normalized spacial score (nSPS) is 21.1. The summed E-state index contributed by atoms with van der Waals surface area (Å²) < 4.78 is 4.71. The van der Waals surface area contributed by atoms with Gasteiger partial charge in [-0.15, -0.1) is 0 Å². The first-order chi connectivity index (χ1) is 10.4. The van der Waals surface area contributed by atoms with Crippen LogP contribution in [0.4, 0.5) is 5.69 Å². The summed E-state index contributed by atoms with van der Waals surface area (Å²) in [6.07, 6.45) is 2.63. The number of methoxy groups -OCH3 is 1. The summed E-state index contributed by atoms with van der Waals surface area (Å²) in [5.74, 6) is -1.21. The first-order valence-corrected chi connectivity index (χ1v) is 6.93. The molecule has 22 heavy (non-hydrogen) atoms. The van der Waals surface area contributed by atoms with E-state index in [1.807, 2.05) is 4.98 Å². The first kappa shape index (κ1) is 15.8. The average Bonchev–Trinajstić information content (AvgIpc) is 2.50. The number of nitrogen functional groups attached to an aromatic ring is 1. The zero-order chi connectivity index (χ0) is 16.3. The third kappa shape index (κ3) is 3.35. The van der Waals surface area contributed by atoms with Crippen LogP contribution < -0.4 is 22.3 Å². The third-order valence-corrected chi connectivity index (χ3v) is 3.75. The average molecular weight is 310 g/mol. The fourth-order valence-electron chi connectivity index (χ4n) is 2.63. The fourth-order valence-corrected chi connectivity index (χ4v) is 2.63. The molecule has 1 aromatic heterocycles. The number of nitrogens with two attached hydrogens (primary N) is 1. The van der Waals surface area contributed by atoms with Gasteiger partial charge in [0.2, 0.25) is 0 Å². The van der Waals surface area contributed by atoms with Crippen molar-refractivity contribution >= 4 is 17.6 Å². The molecule has 2 rings (SSSR count). The zero-order valence-electron chi connectivity index (χ0n) is 12.1. The van der Waals surface area contributed by atoms with Gasteiger partial charge < -0.3 is 20.8 Å². The maximum absolute atomic E-state index is 12.2. The van der Waals surface area contributed by atoms with Gasteiger partial charge >= 0.3 is 11.7 Å². The van der Waals surface area contributed by atoms with Crippen LogP contribution >= 0.6 is 0 Å². The molecule has 1 amide bonds. The monoisotopic (exact) mass is 310 g/mol. The molecule has 0 radical (unpaired) electrons. The Bertz CT molecular complexity index is 692. The van der Waals surface area contributed by atoms with Gasteiger partial charge in [-0.2, -0.15) is 0 Å². The van der Waals surface area contributed by atoms with Crippen LogP contribution in [0.3, 0.4) is 0 Å². The minimum Gasteiger partial charge on any atom is -0.469 e. The van der Waals surface area contributed by atoms with E-state index in [2.05, 4.69) is 10.3 Å². The predicted molar refractivity (Wildman–Crippen MR) is 77.3 cm³/mol. The van der Waals surface area contributed by atoms with Crippen LogP contribution in [0, 0.1) is 5.92 Å². The van der Waals surface area contributed by atoms with E-state index in [1.54, 1.807) is 0 Å². The maximum atomic E-state index is 12.2. The number of anilines is 1. The number of hydrogen-bond donors (Lipinski definition) is 4. The Labute approximate surface area is 125 Å². The molecule has 0 saturated heterocycles. The highest BCUT2D eigenvalue weighted by Gasteiger charge is 2.29. The summed E-state index contributed by atoms with van der Waals surface area (Å²) >= 11 is 0. The van der Waals surface area contributed by atoms with Crippen molar-refractivity contribution in [2.24, 2.45) is 5.92 Å². The topological polar surface area (TPSA) is 147 Å². The van der Waals surface area contributed by atoms with Crippen LogP contribution in [0.15, 0.2) is 9.59 Å². The lowest BCUT2D eigenvalue weighted by Gasteiger charge is -2.28.